The standard InChI is InChI=1S/C19H31N3O2/c1-19(2,3)24-18(23)21-15-16-9-13-22(14-10-16)12-6-8-17-7-4-5-11-20-17/h4-5,7,11,16H,6,8-10,12-15H2,1-3H3,(H,21,23). The molecule has 1 fully saturated rings. The van der Waals surface area contributed by atoms with Gasteiger partial charge in [0.2, 0.25) is 0 Å². The van der Waals surface area contributed by atoms with Gasteiger partial charge in [-0.15, -0.1) is 0 Å². The Morgan fingerprint density at radius 1 is 1.33 bits per heavy atom. The molecule has 24 heavy (non-hydrogen) atoms. The first-order valence-corrected chi connectivity index (χ1v) is 9.01. The van der Waals surface area contributed by atoms with Gasteiger partial charge in [0.15, 0.2) is 0 Å². The quantitative estimate of drug-likeness (QED) is 0.868. The van der Waals surface area contributed by atoms with E-state index in [1.807, 2.05) is 39.1 Å². The lowest BCUT2D eigenvalue weighted by Crippen LogP contribution is -2.40. The summed E-state index contributed by atoms with van der Waals surface area (Å²) in [4.78, 5) is 18.6. The van der Waals surface area contributed by atoms with Crippen LogP contribution in [0.3, 0.4) is 0 Å². The molecule has 0 atom stereocenters. The summed E-state index contributed by atoms with van der Waals surface area (Å²) in [6.45, 7) is 9.73. The van der Waals surface area contributed by atoms with Crippen LogP contribution in [0.15, 0.2) is 24.4 Å². The molecule has 1 amide bonds. The average molecular weight is 333 g/mol. The van der Waals surface area contributed by atoms with Crippen molar-refractivity contribution in [3.63, 3.8) is 0 Å². The average Bonchev–Trinajstić information content (AvgIpc) is 2.53. The second-order valence-corrected chi connectivity index (χ2v) is 7.59. The Kier molecular flexibility index (Phi) is 7.03. The molecule has 134 valence electrons. The van der Waals surface area contributed by atoms with Crippen molar-refractivity contribution in [3.8, 4) is 0 Å². The number of nitrogens with one attached hydrogen (secondary N) is 1. The Morgan fingerprint density at radius 3 is 2.71 bits per heavy atom. The van der Waals surface area contributed by atoms with Gasteiger partial charge in [-0.3, -0.25) is 4.98 Å². The minimum absolute atomic E-state index is 0.305. The molecule has 0 radical (unpaired) electrons. The highest BCUT2D eigenvalue weighted by Gasteiger charge is 2.21. The molecule has 2 rings (SSSR count). The minimum Gasteiger partial charge on any atom is -0.444 e. The number of alkyl carbamates (subject to hydrolysis) is 1. The van der Waals surface area contributed by atoms with E-state index in [0.717, 1.165) is 51.9 Å². The summed E-state index contributed by atoms with van der Waals surface area (Å²) in [6, 6.07) is 6.10. The van der Waals surface area contributed by atoms with Crippen molar-refractivity contribution in [1.29, 1.82) is 0 Å². The van der Waals surface area contributed by atoms with E-state index in [1.54, 1.807) is 0 Å². The number of pyridine rings is 1. The van der Waals surface area contributed by atoms with E-state index in [2.05, 4.69) is 21.3 Å². The molecule has 0 spiro atoms. The molecule has 0 aromatic carbocycles. The molecule has 0 unspecified atom stereocenters. The van der Waals surface area contributed by atoms with Crippen LogP contribution in [0.5, 0.6) is 0 Å². The lowest BCUT2D eigenvalue weighted by molar-refractivity contribution is 0.0510. The van der Waals surface area contributed by atoms with Gasteiger partial charge in [-0.2, -0.15) is 0 Å². The van der Waals surface area contributed by atoms with E-state index in [-0.39, 0.29) is 6.09 Å². The summed E-state index contributed by atoms with van der Waals surface area (Å²) in [5.41, 5.74) is 0.745. The normalized spacial score (nSPS) is 16.8. The third-order valence-electron chi connectivity index (χ3n) is 4.27. The summed E-state index contributed by atoms with van der Waals surface area (Å²) in [7, 11) is 0. The molecule has 5 heteroatoms. The minimum atomic E-state index is -0.430. The Labute approximate surface area is 145 Å². The molecular weight excluding hydrogens is 302 g/mol. The first kappa shape index (κ1) is 18.7. The van der Waals surface area contributed by atoms with E-state index in [4.69, 9.17) is 4.74 Å². The van der Waals surface area contributed by atoms with Crippen molar-refractivity contribution in [1.82, 2.24) is 15.2 Å². The van der Waals surface area contributed by atoms with Crippen LogP contribution < -0.4 is 5.32 Å². The van der Waals surface area contributed by atoms with Crippen LogP contribution in [0.4, 0.5) is 4.79 Å². The smallest absolute Gasteiger partial charge is 0.407 e. The monoisotopic (exact) mass is 333 g/mol. The van der Waals surface area contributed by atoms with E-state index in [9.17, 15) is 4.79 Å². The first-order valence-electron chi connectivity index (χ1n) is 9.01. The van der Waals surface area contributed by atoms with E-state index >= 15 is 0 Å². The maximum Gasteiger partial charge on any atom is 0.407 e. The van der Waals surface area contributed by atoms with Crippen molar-refractivity contribution in [3.05, 3.63) is 30.1 Å². The Bertz CT molecular complexity index is 491. The molecule has 2 heterocycles. The number of carbonyl (C=O) groups excluding carboxylic acids is 1. The number of nitrogens with zero attached hydrogens (tertiary/aromatic N) is 2. The first-order chi connectivity index (χ1) is 11.4. The van der Waals surface area contributed by atoms with E-state index in [0.29, 0.717) is 5.92 Å². The number of piperidine rings is 1. The number of rotatable bonds is 6. The van der Waals surface area contributed by atoms with Crippen LogP contribution in [0.2, 0.25) is 0 Å². The fraction of sp³-hybridized carbons (Fsp3) is 0.684. The zero-order valence-electron chi connectivity index (χ0n) is 15.3. The van der Waals surface area contributed by atoms with Crippen LogP contribution in [0, 0.1) is 5.92 Å². The highest BCUT2D eigenvalue weighted by molar-refractivity contribution is 5.67. The number of hydrogen-bond donors (Lipinski definition) is 1. The molecule has 0 aliphatic carbocycles. The Hall–Kier alpha value is -1.62. The lowest BCUT2D eigenvalue weighted by atomic mass is 9.96. The van der Waals surface area contributed by atoms with Crippen LogP contribution in [0.25, 0.3) is 0 Å². The van der Waals surface area contributed by atoms with Gasteiger partial charge in [-0.1, -0.05) is 6.07 Å². The zero-order valence-corrected chi connectivity index (χ0v) is 15.3. The number of hydrogen-bond acceptors (Lipinski definition) is 4. The maximum absolute atomic E-state index is 11.7. The topological polar surface area (TPSA) is 54.5 Å². The molecule has 1 aromatic heterocycles. The van der Waals surface area contributed by atoms with Gasteiger partial charge >= 0.3 is 6.09 Å². The van der Waals surface area contributed by atoms with Crippen LogP contribution >= 0.6 is 0 Å². The maximum atomic E-state index is 11.7. The van der Waals surface area contributed by atoms with Crippen LogP contribution in [0.1, 0.15) is 45.7 Å². The lowest BCUT2D eigenvalue weighted by Gasteiger charge is -2.32. The second kappa shape index (κ2) is 9.02. The Morgan fingerprint density at radius 2 is 2.08 bits per heavy atom. The number of aromatic nitrogens is 1. The highest BCUT2D eigenvalue weighted by atomic mass is 16.6. The SMILES string of the molecule is CC(C)(C)OC(=O)NCC1CCN(CCCc2ccccn2)CC1. The molecule has 1 N–H and O–H groups in total. The second-order valence-electron chi connectivity index (χ2n) is 7.59. The largest absolute Gasteiger partial charge is 0.444 e. The van der Waals surface area contributed by atoms with Crippen LogP contribution in [-0.4, -0.2) is 47.8 Å². The van der Waals surface area contributed by atoms with Gasteiger partial charge in [0, 0.05) is 18.4 Å². The third-order valence-corrected chi connectivity index (χ3v) is 4.27. The highest BCUT2D eigenvalue weighted by Crippen LogP contribution is 2.17. The molecule has 5 nitrogen and oxygen atoms in total. The van der Waals surface area contributed by atoms with Gasteiger partial charge in [0.25, 0.3) is 0 Å². The number of ether oxygens (including phenoxy) is 1. The molecule has 1 aliphatic rings. The number of carbonyl (C=O) groups is 1. The summed E-state index contributed by atoms with van der Waals surface area (Å²) in [5, 5.41) is 2.90. The van der Waals surface area contributed by atoms with Crippen molar-refractivity contribution in [2.24, 2.45) is 5.92 Å². The van der Waals surface area contributed by atoms with Gasteiger partial charge in [-0.25, -0.2) is 4.79 Å². The van der Waals surface area contributed by atoms with Crippen molar-refractivity contribution < 1.29 is 9.53 Å². The molecule has 1 saturated heterocycles. The van der Waals surface area contributed by atoms with Gasteiger partial charge in [0.05, 0.1) is 0 Å². The van der Waals surface area contributed by atoms with Crippen LogP contribution in [-0.2, 0) is 11.2 Å². The number of likely N-dealkylation sites (tertiary alicyclic amines) is 1. The van der Waals surface area contributed by atoms with E-state index < -0.39 is 5.60 Å². The summed E-state index contributed by atoms with van der Waals surface area (Å²) >= 11 is 0. The molecule has 0 saturated carbocycles. The predicted octanol–water partition coefficient (Wildman–Crippen LogP) is 3.25. The fourth-order valence-corrected chi connectivity index (χ4v) is 2.99. The number of amides is 1. The summed E-state index contributed by atoms with van der Waals surface area (Å²) in [6.07, 6.45) is 6.02. The predicted molar refractivity (Wildman–Crippen MR) is 96.0 cm³/mol. The van der Waals surface area contributed by atoms with Crippen molar-refractivity contribution in [2.75, 3.05) is 26.2 Å². The van der Waals surface area contributed by atoms with Gasteiger partial charge in [0.1, 0.15) is 5.60 Å². The third kappa shape index (κ3) is 7.30. The molecule has 0 bridgehead atoms. The fourth-order valence-electron chi connectivity index (χ4n) is 2.99. The zero-order chi connectivity index (χ0) is 17.4. The van der Waals surface area contributed by atoms with E-state index in [1.165, 1.54) is 5.69 Å². The van der Waals surface area contributed by atoms with Gasteiger partial charge < -0.3 is 15.0 Å². The van der Waals surface area contributed by atoms with Gasteiger partial charge in [-0.05, 0) is 84.1 Å². The summed E-state index contributed by atoms with van der Waals surface area (Å²) in [5.74, 6) is 0.560. The van der Waals surface area contributed by atoms with Crippen molar-refractivity contribution >= 4 is 6.09 Å². The van der Waals surface area contributed by atoms with Crippen molar-refractivity contribution in [2.45, 2.75) is 52.1 Å². The molecule has 1 aliphatic heterocycles. The Balaban J connectivity index is 1.57. The molecular formula is C19H31N3O2. The molecule has 1 aromatic rings. The summed E-state index contributed by atoms with van der Waals surface area (Å²) < 4.78 is 5.28. The number of aryl methyl sites for hydroxylation is 1.